The van der Waals surface area contributed by atoms with Crippen LogP contribution in [0.25, 0.3) is 33.4 Å². The second-order valence-corrected chi connectivity index (χ2v) is 33.5. The summed E-state index contributed by atoms with van der Waals surface area (Å²) in [7, 11) is 4.64. The van der Waals surface area contributed by atoms with Gasteiger partial charge in [-0.15, -0.1) is 5.10 Å². The first-order valence-corrected chi connectivity index (χ1v) is 44.0. The van der Waals surface area contributed by atoms with Crippen molar-refractivity contribution in [1.29, 1.82) is 0 Å². The predicted octanol–water partition coefficient (Wildman–Crippen LogP) is 10.5. The summed E-state index contributed by atoms with van der Waals surface area (Å²) in [6, 6.07) is 4.40. The van der Waals surface area contributed by atoms with E-state index in [2.05, 4.69) is 30.6 Å². The van der Waals surface area contributed by atoms with Crippen LogP contribution in [-0.2, 0) is 100 Å². The summed E-state index contributed by atoms with van der Waals surface area (Å²) in [5.74, 6) is -7.75. The normalized spacial score (nSPS) is 27.1. The number of nitrogens with two attached hydrogens (primary N) is 2. The summed E-state index contributed by atoms with van der Waals surface area (Å²) in [6.45, 7) is 18.3. The molecule has 1 aromatic carbocycles. The number of carbonyl (C=O) groups is 7. The number of piperidine rings is 1. The molecule has 0 spiro atoms. The van der Waals surface area contributed by atoms with Gasteiger partial charge in [-0.05, 0) is 177 Å². The van der Waals surface area contributed by atoms with Gasteiger partial charge in [0.2, 0.25) is 11.7 Å². The van der Waals surface area contributed by atoms with Gasteiger partial charge in [0.05, 0.1) is 88.3 Å². The second kappa shape index (κ2) is 49.9. The van der Waals surface area contributed by atoms with Crippen LogP contribution in [0, 0.1) is 35.5 Å². The Bertz CT molecular complexity index is 4290. The Morgan fingerprint density at radius 1 is 0.754 bits per heavy atom. The molecule has 0 radical (unpaired) electrons. The first kappa shape index (κ1) is 97.4. The monoisotopic (exact) mass is 1700 g/mol. The first-order chi connectivity index (χ1) is 58.8. The lowest BCUT2D eigenvalue weighted by Crippen LogP contribution is -2.61. The van der Waals surface area contributed by atoms with Crippen molar-refractivity contribution in [3.8, 4) is 11.3 Å². The Kier molecular flexibility index (Phi) is 39.9. The molecule has 9 rings (SSSR count). The van der Waals surface area contributed by atoms with Crippen molar-refractivity contribution in [2.24, 2.45) is 35.5 Å². The van der Waals surface area contributed by atoms with E-state index in [0.29, 0.717) is 208 Å². The van der Waals surface area contributed by atoms with Gasteiger partial charge in [0.1, 0.15) is 59.3 Å². The Hall–Kier alpha value is -8.41. The van der Waals surface area contributed by atoms with Gasteiger partial charge in [0, 0.05) is 116 Å². The third kappa shape index (κ3) is 29.1. The third-order valence-corrected chi connectivity index (χ3v) is 24.0. The number of methoxy groups -OCH3 is 3. The van der Waals surface area contributed by atoms with Gasteiger partial charge in [-0.2, -0.15) is 10.1 Å². The van der Waals surface area contributed by atoms with Gasteiger partial charge in [0.15, 0.2) is 17.0 Å². The van der Waals surface area contributed by atoms with Crippen LogP contribution in [0.2, 0.25) is 0 Å². The van der Waals surface area contributed by atoms with Gasteiger partial charge in [-0.25, -0.2) is 24.1 Å². The number of hydrogen-bond donors (Lipinski definition) is 5. The highest BCUT2D eigenvalue weighted by Gasteiger charge is 2.53. The van der Waals surface area contributed by atoms with E-state index in [1.54, 1.807) is 56.5 Å². The lowest BCUT2D eigenvalue weighted by molar-refractivity contribution is -0.265. The van der Waals surface area contributed by atoms with Crippen LogP contribution in [0.4, 0.5) is 11.8 Å². The zero-order valence-corrected chi connectivity index (χ0v) is 73.3. The Labute approximate surface area is 717 Å². The molecule has 1 saturated carbocycles. The summed E-state index contributed by atoms with van der Waals surface area (Å²) >= 11 is 0. The predicted molar refractivity (Wildman–Crippen MR) is 457 cm³/mol. The number of esters is 1. The number of anilines is 2. The average molecular weight is 1700 g/mol. The minimum Gasteiger partial charge on any atom is -0.460 e. The maximum atomic E-state index is 14.8. The van der Waals surface area contributed by atoms with Crippen molar-refractivity contribution in [3.05, 3.63) is 84.0 Å². The number of cyclic esters (lactones) is 1. The highest BCUT2D eigenvalue weighted by atomic mass is 16.6. The minimum absolute atomic E-state index is 0.00572. The number of oxazole rings is 1. The van der Waals surface area contributed by atoms with Crippen LogP contribution in [-0.4, -0.2) is 244 Å². The average Bonchev–Trinajstić information content (AvgIpc) is 1.53. The van der Waals surface area contributed by atoms with E-state index in [9.17, 15) is 43.8 Å². The summed E-state index contributed by atoms with van der Waals surface area (Å²) in [5.41, 5.74) is 17.4. The number of nitrogens with one attached hydrogen (secondary N) is 1. The fraction of sp³-hybridized carbons (Fsp3) is 0.678. The van der Waals surface area contributed by atoms with E-state index in [1.807, 2.05) is 76.4 Å². The molecule has 32 nitrogen and oxygen atoms in total. The van der Waals surface area contributed by atoms with Crippen LogP contribution in [0.1, 0.15) is 195 Å². The number of aliphatic hydroxyl groups excluding tert-OH is 1. The number of unbranched alkanes of at least 4 members (excludes halogenated alkanes) is 3. The standard InChI is InChI=1S/C90H134N12O20/c1-58-23-12-11-13-24-59(2)75(112-8)54-69-33-30-64(7)90(111,122-69)84(108)87(109)101-37-19-16-28-71(101)88(110)120-76(55-72(104)60(3)50-63(6)82(107)83(114-10)81(106)62(5)49-58)61(4)51-65-31-34-74(77(52-65)113-9)119-41-21-17-25-67-56-100(99-97-67)39-42-116-44-46-118-48-47-117-45-43-115-40-22-27-68(103)26-14-15-29-78(105)93-36-18-20-38-102-86-79(85(91)94-57-95-86)80(98-102)66-32-35-73-70(53-66)96-89(92)121-73/h11-13,23-24,32,35,50,53,56-58,60-62,64-65,69,71,74-77,82-83,107,111H,14-22,25-31,33-34,36-49,51-52,54-55H2,1-10H3,(H2,92,96)(H,93,105)(H2,91,94,95)/b13-11+,23-12+,59-24+,63-50+/t58-,60-,61-,62-,64-,65+,69+,71+,74-,75+,76+,77-,82-,83+,90-/m1/s1. The molecule has 4 aromatic heterocycles. The van der Waals surface area contributed by atoms with Crippen LogP contribution in [0.15, 0.2) is 82.7 Å². The number of Topliss-reactive ketones (excluding diaryl/α,β-unsaturated/α-hetero) is 4. The molecule has 3 aliphatic heterocycles. The van der Waals surface area contributed by atoms with Crippen molar-refractivity contribution in [2.45, 2.75) is 264 Å². The number of allylic oxidation sites excluding steroid dienone is 6. The summed E-state index contributed by atoms with van der Waals surface area (Å²) < 4.78 is 68.5. The maximum Gasteiger partial charge on any atom is 0.329 e. The van der Waals surface area contributed by atoms with Crippen molar-refractivity contribution in [3.63, 3.8) is 0 Å². The molecule has 3 fully saturated rings. The summed E-state index contributed by atoms with van der Waals surface area (Å²) in [4.78, 5) is 111. The largest absolute Gasteiger partial charge is 0.460 e. The Balaban J connectivity index is 0.623. The number of benzene rings is 1. The third-order valence-electron chi connectivity index (χ3n) is 24.0. The molecule has 2 saturated heterocycles. The number of ether oxygens (including phenoxy) is 10. The van der Waals surface area contributed by atoms with E-state index in [1.165, 1.54) is 18.3 Å². The van der Waals surface area contributed by atoms with E-state index in [-0.39, 0.29) is 78.6 Å². The Morgan fingerprint density at radius 3 is 2.25 bits per heavy atom. The molecule has 674 valence electrons. The van der Waals surface area contributed by atoms with Crippen molar-refractivity contribution < 1.29 is 95.6 Å². The fourth-order valence-corrected chi connectivity index (χ4v) is 16.7. The smallest absolute Gasteiger partial charge is 0.329 e. The van der Waals surface area contributed by atoms with Crippen LogP contribution in [0.5, 0.6) is 0 Å². The zero-order chi connectivity index (χ0) is 87.7. The van der Waals surface area contributed by atoms with Gasteiger partial charge in [-0.3, -0.25) is 28.8 Å². The molecule has 7 N–H and O–H groups in total. The van der Waals surface area contributed by atoms with E-state index < -0.39 is 77.8 Å². The molecule has 122 heavy (non-hydrogen) atoms. The number of rotatable bonds is 39. The van der Waals surface area contributed by atoms with Gasteiger partial charge >= 0.3 is 5.97 Å². The SMILES string of the molecule is CO[C@H]1C[C@@H]2CC[C@@H](C)[C@@](O)(O2)C(=O)C(=O)N2CCCC[C@H]2C(=O)O[C@H]([C@H](C)C[C@@H]2CC[C@@H](OCCCCc3cn(CCOCCOCCOCCOCCCC(=O)CCCCC(=O)NCCCCn4nc(-c5ccc6oc(N)nc6c5)c5c(N)ncnc54)nn3)[C@H](OC)C2)CC(=O)[C@H](C)/C=C(\C)[C@@H](O)[C@@H](OC)C(=O)[C@H](C)C[C@H](C)/C=C/C=C/C=C/1C. The lowest BCUT2D eigenvalue weighted by Gasteiger charge is -2.42. The fourth-order valence-electron chi connectivity index (χ4n) is 16.7. The van der Waals surface area contributed by atoms with E-state index in [4.69, 9.17) is 68.4 Å². The number of carbonyl (C=O) groups excluding carboxylic acids is 7. The molecule has 7 heterocycles. The number of amides is 2. The number of hydrogen-bond acceptors (Lipinski definition) is 28. The van der Waals surface area contributed by atoms with Gasteiger partial charge < -0.3 is 83.7 Å². The highest BCUT2D eigenvalue weighted by Crippen LogP contribution is 2.40. The number of aryl methyl sites for hydroxylation is 2. The molecule has 5 aromatic rings. The van der Waals surface area contributed by atoms with Crippen molar-refractivity contribution >= 4 is 74.9 Å². The molecule has 32 heteroatoms. The van der Waals surface area contributed by atoms with Crippen LogP contribution >= 0.6 is 0 Å². The van der Waals surface area contributed by atoms with Gasteiger partial charge in [0.25, 0.3) is 17.7 Å². The lowest BCUT2D eigenvalue weighted by atomic mass is 9.78. The van der Waals surface area contributed by atoms with Crippen molar-refractivity contribution in [2.75, 3.05) is 105 Å². The second-order valence-electron chi connectivity index (χ2n) is 33.5. The number of ketones is 4. The van der Waals surface area contributed by atoms with Crippen molar-refractivity contribution in [1.82, 2.24) is 49.9 Å². The molecule has 1 aliphatic carbocycles. The van der Waals surface area contributed by atoms with Gasteiger partial charge in [-0.1, -0.05) is 76.3 Å². The molecular weight excluding hydrogens is 1570 g/mol. The molecule has 4 aliphatic rings. The zero-order valence-electron chi connectivity index (χ0n) is 73.3. The summed E-state index contributed by atoms with van der Waals surface area (Å²) in [6.07, 6.45) is 22.1. The number of aliphatic hydroxyl groups is 2. The molecule has 2 bridgehead atoms. The number of nitrogens with zero attached hydrogens (tertiary/aromatic N) is 9. The molecule has 0 unspecified atom stereocenters. The topological polar surface area (TPSA) is 420 Å². The molecular formula is C90H134N12O20. The highest BCUT2D eigenvalue weighted by molar-refractivity contribution is 6.39. The number of nitrogen functional groups attached to an aromatic ring is 2. The number of fused-ring (bicyclic) bond motifs is 5. The minimum atomic E-state index is -2.46. The van der Waals surface area contributed by atoms with E-state index in [0.717, 1.165) is 61.8 Å². The number of aromatic nitrogens is 8. The van der Waals surface area contributed by atoms with E-state index >= 15 is 0 Å². The quantitative estimate of drug-likeness (QED) is 0.0106. The van der Waals surface area contributed by atoms with Crippen LogP contribution < -0.4 is 16.8 Å². The molecule has 15 atom stereocenters. The molecule has 2 amide bonds. The summed E-state index contributed by atoms with van der Waals surface area (Å²) in [5, 5.41) is 40.9. The van der Waals surface area contributed by atoms with Crippen LogP contribution in [0.3, 0.4) is 0 Å². The first-order valence-electron chi connectivity index (χ1n) is 44.0. The Morgan fingerprint density at radius 2 is 1.50 bits per heavy atom. The maximum absolute atomic E-state index is 14.8.